The van der Waals surface area contributed by atoms with E-state index >= 15 is 0 Å². The first-order valence-electron chi connectivity index (χ1n) is 8.06. The van der Waals surface area contributed by atoms with Crippen molar-refractivity contribution >= 4 is 17.7 Å². The summed E-state index contributed by atoms with van der Waals surface area (Å²) < 4.78 is 10.3. The van der Waals surface area contributed by atoms with Crippen molar-refractivity contribution < 1.29 is 24.2 Å². The Morgan fingerprint density at radius 3 is 2.79 bits per heavy atom. The second kappa shape index (κ2) is 6.02. The van der Waals surface area contributed by atoms with Crippen LogP contribution in [0.3, 0.4) is 0 Å². The van der Waals surface area contributed by atoms with Crippen molar-refractivity contribution in [2.24, 2.45) is 16.8 Å². The van der Waals surface area contributed by atoms with E-state index in [-0.39, 0.29) is 13.2 Å². The van der Waals surface area contributed by atoms with Gasteiger partial charge in [0.15, 0.2) is 0 Å². The molecule has 128 valence electrons. The van der Waals surface area contributed by atoms with Crippen molar-refractivity contribution in [2.45, 2.75) is 32.4 Å². The molecule has 1 fully saturated rings. The maximum atomic E-state index is 12.6. The zero-order valence-corrected chi connectivity index (χ0v) is 14.0. The lowest BCUT2D eigenvalue weighted by Crippen LogP contribution is -2.50. The minimum Gasteiger partial charge on any atom is -0.465 e. The van der Waals surface area contributed by atoms with Crippen LogP contribution in [-0.2, 0) is 19.1 Å². The zero-order chi connectivity index (χ0) is 17.5. The van der Waals surface area contributed by atoms with Crippen LogP contribution in [0.1, 0.15) is 30.9 Å². The van der Waals surface area contributed by atoms with E-state index in [4.69, 9.17) is 9.47 Å². The summed E-state index contributed by atoms with van der Waals surface area (Å²) in [5.74, 6) is -3.17. The fraction of sp³-hybridized carbons (Fsp3) is 0.500. The molecule has 0 saturated carbocycles. The van der Waals surface area contributed by atoms with Gasteiger partial charge in [0.25, 0.3) is 0 Å². The van der Waals surface area contributed by atoms with Gasteiger partial charge < -0.3 is 14.6 Å². The molecule has 3 rings (SSSR count). The van der Waals surface area contributed by atoms with Crippen LogP contribution in [0.25, 0.3) is 0 Å². The number of benzene rings is 1. The lowest BCUT2D eigenvalue weighted by atomic mass is 9.68. The van der Waals surface area contributed by atoms with Crippen LogP contribution in [0, 0.1) is 18.8 Å². The first-order chi connectivity index (χ1) is 11.4. The normalized spacial score (nSPS) is 31.9. The van der Waals surface area contributed by atoms with Gasteiger partial charge in [0.1, 0.15) is 18.4 Å². The summed E-state index contributed by atoms with van der Waals surface area (Å²) in [6, 6.07) is 7.53. The largest absolute Gasteiger partial charge is 0.465 e. The van der Waals surface area contributed by atoms with Crippen molar-refractivity contribution in [3.8, 4) is 0 Å². The van der Waals surface area contributed by atoms with Crippen molar-refractivity contribution in [3.63, 3.8) is 0 Å². The topological polar surface area (TPSA) is 85.2 Å². The Morgan fingerprint density at radius 1 is 1.42 bits per heavy atom. The van der Waals surface area contributed by atoms with Crippen molar-refractivity contribution in [3.05, 3.63) is 35.4 Å². The summed E-state index contributed by atoms with van der Waals surface area (Å²) in [7, 11) is 0. The van der Waals surface area contributed by atoms with Gasteiger partial charge in [-0.25, -0.2) is 0 Å². The van der Waals surface area contributed by atoms with Gasteiger partial charge in [-0.1, -0.05) is 24.3 Å². The fourth-order valence-electron chi connectivity index (χ4n) is 3.78. The van der Waals surface area contributed by atoms with E-state index < -0.39 is 35.4 Å². The van der Waals surface area contributed by atoms with E-state index in [1.165, 1.54) is 0 Å². The number of rotatable bonds is 3. The molecule has 0 radical (unpaired) electrons. The van der Waals surface area contributed by atoms with Gasteiger partial charge >= 0.3 is 11.9 Å². The maximum absolute atomic E-state index is 12.6. The molecule has 24 heavy (non-hydrogen) atoms. The van der Waals surface area contributed by atoms with E-state index in [0.717, 1.165) is 11.1 Å². The first-order valence-corrected chi connectivity index (χ1v) is 8.06. The van der Waals surface area contributed by atoms with E-state index in [2.05, 4.69) is 4.99 Å². The number of esters is 2. The third kappa shape index (κ3) is 2.51. The smallest absolute Gasteiger partial charge is 0.315 e. The number of aryl methyl sites for hydroxylation is 1. The van der Waals surface area contributed by atoms with Crippen molar-refractivity contribution in [2.75, 3.05) is 13.2 Å². The molecular formula is C18H21NO5. The quantitative estimate of drug-likeness (QED) is 0.850. The highest BCUT2D eigenvalue weighted by molar-refractivity contribution is 6.04. The molecule has 1 aromatic rings. The number of hydrogen-bond acceptors (Lipinski definition) is 6. The third-order valence-corrected chi connectivity index (χ3v) is 4.81. The molecule has 2 heterocycles. The van der Waals surface area contributed by atoms with E-state index in [1.54, 1.807) is 13.8 Å². The molecule has 0 spiro atoms. The predicted molar refractivity (Wildman–Crippen MR) is 86.6 cm³/mol. The average Bonchev–Trinajstić information content (AvgIpc) is 2.81. The Labute approximate surface area is 140 Å². The summed E-state index contributed by atoms with van der Waals surface area (Å²) in [6.07, 6.45) is 0. The molecule has 2 aliphatic heterocycles. The number of carbonyl (C=O) groups excluding carboxylic acids is 2. The van der Waals surface area contributed by atoms with Gasteiger partial charge in [0, 0.05) is 11.6 Å². The lowest BCUT2D eigenvalue weighted by Gasteiger charge is -2.39. The van der Waals surface area contributed by atoms with Gasteiger partial charge in [0.05, 0.1) is 6.61 Å². The number of nitrogens with zero attached hydrogens (tertiary/aromatic N) is 1. The molecule has 6 nitrogen and oxygen atoms in total. The highest BCUT2D eigenvalue weighted by Crippen LogP contribution is 2.48. The Hall–Kier alpha value is -2.21. The molecule has 6 heteroatoms. The lowest BCUT2D eigenvalue weighted by molar-refractivity contribution is -0.149. The van der Waals surface area contributed by atoms with Crippen molar-refractivity contribution in [1.82, 2.24) is 0 Å². The third-order valence-electron chi connectivity index (χ3n) is 4.81. The van der Waals surface area contributed by atoms with Gasteiger partial charge in [-0.05, 0) is 31.9 Å². The molecule has 0 amide bonds. The summed E-state index contributed by atoms with van der Waals surface area (Å²) in [4.78, 5) is 29.1. The molecule has 1 aromatic carbocycles. The zero-order valence-electron chi connectivity index (χ0n) is 14.0. The van der Waals surface area contributed by atoms with Crippen LogP contribution in [-0.4, -0.2) is 41.7 Å². The minimum absolute atomic E-state index is 0.189. The van der Waals surface area contributed by atoms with Crippen LogP contribution in [0.15, 0.2) is 29.3 Å². The molecule has 0 aliphatic carbocycles. The first kappa shape index (κ1) is 16.6. The van der Waals surface area contributed by atoms with Gasteiger partial charge in [-0.2, -0.15) is 0 Å². The summed E-state index contributed by atoms with van der Waals surface area (Å²) in [5, 5.41) is 10.8. The molecular weight excluding hydrogens is 310 g/mol. The maximum Gasteiger partial charge on any atom is 0.315 e. The summed E-state index contributed by atoms with van der Waals surface area (Å²) in [6.45, 7) is 5.38. The van der Waals surface area contributed by atoms with Gasteiger partial charge in [-0.15, -0.1) is 0 Å². The molecule has 2 aliphatic rings. The highest BCUT2D eigenvalue weighted by atomic mass is 16.6. The van der Waals surface area contributed by atoms with Crippen LogP contribution < -0.4 is 0 Å². The van der Waals surface area contributed by atoms with Gasteiger partial charge in [-0.3, -0.25) is 14.6 Å². The second-order valence-electron chi connectivity index (χ2n) is 6.33. The number of carbonyl (C=O) groups is 2. The van der Waals surface area contributed by atoms with E-state index in [9.17, 15) is 14.7 Å². The molecule has 4 unspecified atom stereocenters. The van der Waals surface area contributed by atoms with E-state index in [1.807, 2.05) is 31.2 Å². The number of aliphatic hydroxyl groups is 1. The monoisotopic (exact) mass is 331 g/mol. The Bertz CT molecular complexity index is 713. The molecule has 0 aromatic heterocycles. The SMILES string of the molecule is CCOC(=O)C1C(C)=NC2(O)COC(=O)C2C1c1ccccc1C. The number of cyclic esters (lactones) is 1. The predicted octanol–water partition coefficient (Wildman–Crippen LogP) is 1.59. The number of ether oxygens (including phenoxy) is 2. The number of fused-ring (bicyclic) bond motifs is 1. The van der Waals surface area contributed by atoms with Crippen molar-refractivity contribution in [1.29, 1.82) is 0 Å². The second-order valence-corrected chi connectivity index (χ2v) is 6.33. The van der Waals surface area contributed by atoms with Crippen LogP contribution >= 0.6 is 0 Å². The fourth-order valence-corrected chi connectivity index (χ4v) is 3.78. The Morgan fingerprint density at radius 2 is 2.12 bits per heavy atom. The standard InChI is InChI=1S/C18H21NO5/c1-4-23-16(20)13-11(3)19-18(22)9-24-17(21)15(18)14(13)12-8-6-5-7-10(12)2/h5-8,13-15,22H,4,9H2,1-3H3. The van der Waals surface area contributed by atoms with Crippen LogP contribution in [0.5, 0.6) is 0 Å². The average molecular weight is 331 g/mol. The molecule has 4 atom stereocenters. The molecule has 0 bridgehead atoms. The Balaban J connectivity index is 2.18. The van der Waals surface area contributed by atoms with E-state index in [0.29, 0.717) is 5.71 Å². The molecule has 1 N–H and O–H groups in total. The number of aliphatic imine (C=N–C) groups is 1. The highest BCUT2D eigenvalue weighted by Gasteiger charge is 2.60. The number of hydrogen-bond donors (Lipinski definition) is 1. The Kier molecular flexibility index (Phi) is 4.17. The molecule has 1 saturated heterocycles. The summed E-state index contributed by atoms with van der Waals surface area (Å²) in [5.41, 5.74) is 0.594. The van der Waals surface area contributed by atoms with Gasteiger partial charge in [0.2, 0.25) is 5.72 Å². The minimum atomic E-state index is -1.63. The van der Waals surface area contributed by atoms with Crippen LogP contribution in [0.2, 0.25) is 0 Å². The van der Waals surface area contributed by atoms with Crippen LogP contribution in [0.4, 0.5) is 0 Å². The summed E-state index contributed by atoms with van der Waals surface area (Å²) >= 11 is 0.